The van der Waals surface area contributed by atoms with E-state index in [2.05, 4.69) is 4.98 Å². The molecule has 0 spiro atoms. The second-order valence-electron chi connectivity index (χ2n) is 6.49. The smallest absolute Gasteiger partial charge is 0.260 e. The Labute approximate surface area is 158 Å². The van der Waals surface area contributed by atoms with Crippen molar-refractivity contribution in [3.63, 3.8) is 0 Å². The van der Waals surface area contributed by atoms with Gasteiger partial charge in [-0.1, -0.05) is 18.2 Å². The highest BCUT2D eigenvalue weighted by Gasteiger charge is 2.35. The summed E-state index contributed by atoms with van der Waals surface area (Å²) in [7, 11) is -2.05. The molecule has 1 aromatic heterocycles. The van der Waals surface area contributed by atoms with Crippen LogP contribution in [0.5, 0.6) is 0 Å². The zero-order chi connectivity index (χ0) is 19.6. The van der Waals surface area contributed by atoms with E-state index in [9.17, 15) is 13.2 Å². The molecule has 0 saturated carbocycles. The molecule has 0 bridgehead atoms. The van der Waals surface area contributed by atoms with Gasteiger partial charge in [0.05, 0.1) is 17.3 Å². The first kappa shape index (κ1) is 19.0. The van der Waals surface area contributed by atoms with Crippen LogP contribution in [-0.2, 0) is 14.8 Å². The van der Waals surface area contributed by atoms with Crippen molar-refractivity contribution in [2.45, 2.75) is 24.4 Å². The number of pyridine rings is 1. The number of benzene rings is 1. The Morgan fingerprint density at radius 1 is 1.26 bits per heavy atom. The van der Waals surface area contributed by atoms with E-state index in [1.807, 2.05) is 6.07 Å². The standard InChI is InChI=1S/C19H20N4O3S/c1-14(24)22(2)17-10-11-23(13-17)27(25,26)19-5-3-4-18(21-19)16-8-6-15(12-20)7-9-16/h3-9,17H,10-11,13H2,1-2H3. The van der Waals surface area contributed by atoms with E-state index in [1.165, 1.54) is 17.3 Å². The van der Waals surface area contributed by atoms with Crippen molar-refractivity contribution < 1.29 is 13.2 Å². The number of carbonyl (C=O) groups is 1. The van der Waals surface area contributed by atoms with E-state index in [1.54, 1.807) is 48.3 Å². The van der Waals surface area contributed by atoms with E-state index in [0.29, 0.717) is 24.2 Å². The highest BCUT2D eigenvalue weighted by atomic mass is 32.2. The molecule has 1 unspecified atom stereocenters. The summed E-state index contributed by atoms with van der Waals surface area (Å²) in [6, 6.07) is 13.6. The lowest BCUT2D eigenvalue weighted by atomic mass is 10.1. The molecule has 7 nitrogen and oxygen atoms in total. The second-order valence-corrected chi connectivity index (χ2v) is 8.37. The average molecular weight is 384 g/mol. The van der Waals surface area contributed by atoms with Crippen LogP contribution in [0.3, 0.4) is 0 Å². The van der Waals surface area contributed by atoms with Gasteiger partial charge in [-0.05, 0) is 30.7 Å². The minimum absolute atomic E-state index is 0.0181. The van der Waals surface area contributed by atoms with Crippen LogP contribution in [0.4, 0.5) is 0 Å². The van der Waals surface area contributed by atoms with Crippen molar-refractivity contribution in [1.82, 2.24) is 14.2 Å². The topological polar surface area (TPSA) is 94.4 Å². The first-order valence-corrected chi connectivity index (χ1v) is 9.98. The number of aromatic nitrogens is 1. The van der Waals surface area contributed by atoms with Crippen molar-refractivity contribution in [3.8, 4) is 17.3 Å². The molecule has 140 valence electrons. The SMILES string of the molecule is CC(=O)N(C)C1CCN(S(=O)(=O)c2cccc(-c3ccc(C#N)cc3)n2)C1. The van der Waals surface area contributed by atoms with Crippen LogP contribution in [0.15, 0.2) is 47.5 Å². The number of amides is 1. The number of likely N-dealkylation sites (N-methyl/N-ethyl adjacent to an activating group) is 1. The predicted octanol–water partition coefficient (Wildman–Crippen LogP) is 1.86. The number of sulfonamides is 1. The number of nitriles is 1. The van der Waals surface area contributed by atoms with E-state index in [-0.39, 0.29) is 23.5 Å². The average Bonchev–Trinajstić information content (AvgIpc) is 3.18. The van der Waals surface area contributed by atoms with Crippen LogP contribution in [0.1, 0.15) is 18.9 Å². The van der Waals surface area contributed by atoms with Crippen LogP contribution in [-0.4, -0.2) is 54.7 Å². The predicted molar refractivity (Wildman–Crippen MR) is 100.0 cm³/mol. The van der Waals surface area contributed by atoms with Gasteiger partial charge in [-0.3, -0.25) is 4.79 Å². The van der Waals surface area contributed by atoms with Crippen molar-refractivity contribution >= 4 is 15.9 Å². The monoisotopic (exact) mass is 384 g/mol. The molecule has 1 aliphatic heterocycles. The van der Waals surface area contributed by atoms with Gasteiger partial charge in [0.25, 0.3) is 10.0 Å². The summed E-state index contributed by atoms with van der Waals surface area (Å²) < 4.78 is 27.3. The molecule has 1 aliphatic rings. The molecule has 8 heteroatoms. The van der Waals surface area contributed by atoms with Crippen LogP contribution >= 0.6 is 0 Å². The maximum absolute atomic E-state index is 13.0. The van der Waals surface area contributed by atoms with Crippen molar-refractivity contribution in [1.29, 1.82) is 5.26 Å². The van der Waals surface area contributed by atoms with Crippen LogP contribution in [0, 0.1) is 11.3 Å². The molecule has 1 aromatic carbocycles. The second kappa shape index (κ2) is 7.47. The molecule has 0 radical (unpaired) electrons. The fourth-order valence-corrected chi connectivity index (χ4v) is 4.51. The van der Waals surface area contributed by atoms with Gasteiger partial charge < -0.3 is 4.90 Å². The van der Waals surface area contributed by atoms with Gasteiger partial charge in [0.1, 0.15) is 0 Å². The lowest BCUT2D eigenvalue weighted by Gasteiger charge is -2.23. The van der Waals surface area contributed by atoms with E-state index < -0.39 is 10.0 Å². The third-order valence-electron chi connectivity index (χ3n) is 4.81. The zero-order valence-electron chi connectivity index (χ0n) is 15.2. The number of rotatable bonds is 4. The van der Waals surface area contributed by atoms with Gasteiger partial charge in [0.15, 0.2) is 5.03 Å². The minimum Gasteiger partial charge on any atom is -0.342 e. The summed E-state index contributed by atoms with van der Waals surface area (Å²) in [4.78, 5) is 17.4. The maximum Gasteiger partial charge on any atom is 0.260 e. The fourth-order valence-electron chi connectivity index (χ4n) is 3.07. The molecular formula is C19H20N4O3S. The number of carbonyl (C=O) groups excluding carboxylic acids is 1. The number of nitrogens with zero attached hydrogens (tertiary/aromatic N) is 4. The lowest BCUT2D eigenvalue weighted by Crippen LogP contribution is -2.39. The van der Waals surface area contributed by atoms with Gasteiger partial charge in [0, 0.05) is 38.7 Å². The molecule has 27 heavy (non-hydrogen) atoms. The largest absolute Gasteiger partial charge is 0.342 e. The number of hydrogen-bond donors (Lipinski definition) is 0. The summed E-state index contributed by atoms with van der Waals surface area (Å²) >= 11 is 0. The minimum atomic E-state index is -3.74. The summed E-state index contributed by atoms with van der Waals surface area (Å²) in [5.41, 5.74) is 1.79. The highest BCUT2D eigenvalue weighted by Crippen LogP contribution is 2.25. The van der Waals surface area contributed by atoms with Crippen molar-refractivity contribution in [2.75, 3.05) is 20.1 Å². The normalized spacial score (nSPS) is 17.4. The molecule has 1 fully saturated rings. The number of hydrogen-bond acceptors (Lipinski definition) is 5. The van der Waals surface area contributed by atoms with Crippen LogP contribution < -0.4 is 0 Å². The molecule has 3 rings (SSSR count). The Morgan fingerprint density at radius 2 is 1.96 bits per heavy atom. The summed E-state index contributed by atoms with van der Waals surface area (Å²) in [6.07, 6.45) is 0.602. The Kier molecular flexibility index (Phi) is 5.26. The Morgan fingerprint density at radius 3 is 2.59 bits per heavy atom. The quantitative estimate of drug-likeness (QED) is 0.802. The Balaban J connectivity index is 1.85. The summed E-state index contributed by atoms with van der Waals surface area (Å²) in [5.74, 6) is -0.0832. The highest BCUT2D eigenvalue weighted by molar-refractivity contribution is 7.89. The van der Waals surface area contributed by atoms with Gasteiger partial charge in [-0.2, -0.15) is 9.57 Å². The van der Waals surface area contributed by atoms with Crippen LogP contribution in [0.25, 0.3) is 11.3 Å². The van der Waals surface area contributed by atoms with Crippen LogP contribution in [0.2, 0.25) is 0 Å². The zero-order valence-corrected chi connectivity index (χ0v) is 16.0. The van der Waals surface area contributed by atoms with Gasteiger partial charge >= 0.3 is 0 Å². The van der Waals surface area contributed by atoms with Gasteiger partial charge in [-0.15, -0.1) is 0 Å². The Bertz CT molecular complexity index is 996. The Hall–Kier alpha value is -2.76. The third-order valence-corrected chi connectivity index (χ3v) is 6.58. The van der Waals surface area contributed by atoms with E-state index in [4.69, 9.17) is 5.26 Å². The summed E-state index contributed by atoms with van der Waals surface area (Å²) in [6.45, 7) is 2.09. The molecule has 0 N–H and O–H groups in total. The molecule has 1 atom stereocenters. The van der Waals surface area contributed by atoms with Gasteiger partial charge in [-0.25, -0.2) is 13.4 Å². The molecule has 2 aromatic rings. The fraction of sp³-hybridized carbons (Fsp3) is 0.316. The molecule has 1 amide bonds. The first-order valence-electron chi connectivity index (χ1n) is 8.54. The van der Waals surface area contributed by atoms with Crippen molar-refractivity contribution in [3.05, 3.63) is 48.0 Å². The third kappa shape index (κ3) is 3.84. The van der Waals surface area contributed by atoms with E-state index >= 15 is 0 Å². The lowest BCUT2D eigenvalue weighted by molar-refractivity contribution is -0.129. The van der Waals surface area contributed by atoms with Gasteiger partial charge in [0.2, 0.25) is 5.91 Å². The summed E-state index contributed by atoms with van der Waals surface area (Å²) in [5, 5.41) is 8.87. The van der Waals surface area contributed by atoms with Crippen molar-refractivity contribution in [2.24, 2.45) is 0 Å². The molecule has 2 heterocycles. The first-order chi connectivity index (χ1) is 12.8. The molecule has 1 saturated heterocycles. The van der Waals surface area contributed by atoms with E-state index in [0.717, 1.165) is 5.56 Å². The molecule has 0 aliphatic carbocycles. The molecular weight excluding hydrogens is 364 g/mol. The maximum atomic E-state index is 13.0.